The summed E-state index contributed by atoms with van der Waals surface area (Å²) in [5.74, 6) is -0.801. The van der Waals surface area contributed by atoms with E-state index in [9.17, 15) is 19.7 Å². The normalized spacial score (nSPS) is 10.7. The summed E-state index contributed by atoms with van der Waals surface area (Å²) in [6.45, 7) is 2.04. The van der Waals surface area contributed by atoms with E-state index in [-0.39, 0.29) is 31.1 Å². The van der Waals surface area contributed by atoms with Gasteiger partial charge in [-0.05, 0) is 25.6 Å². The predicted molar refractivity (Wildman–Crippen MR) is 101 cm³/mol. The van der Waals surface area contributed by atoms with E-state index in [0.29, 0.717) is 15.6 Å². The molecule has 9 nitrogen and oxygen atoms in total. The number of benzene rings is 1. The monoisotopic (exact) mass is 411 g/mol. The molecule has 0 fully saturated rings. The van der Waals surface area contributed by atoms with Gasteiger partial charge in [-0.3, -0.25) is 35.5 Å². The maximum atomic E-state index is 11.9. The minimum Gasteiger partial charge on any atom is -0.293 e. The number of halogens is 1. The molecule has 0 bridgehead atoms. The maximum Gasteiger partial charge on any atom is 0.269 e. The van der Waals surface area contributed by atoms with E-state index in [1.165, 1.54) is 29.5 Å². The second kappa shape index (κ2) is 9.40. The maximum absolute atomic E-state index is 11.9. The zero-order chi connectivity index (χ0) is 20.0. The fourth-order valence-corrected chi connectivity index (χ4v) is 3.18. The molecule has 1 aromatic heterocycles. The van der Waals surface area contributed by atoms with Crippen LogP contribution in [0.2, 0.25) is 5.02 Å². The Morgan fingerprint density at radius 1 is 1.33 bits per heavy atom. The summed E-state index contributed by atoms with van der Waals surface area (Å²) in [7, 11) is 1.66. The minimum absolute atomic E-state index is 0.0321. The highest BCUT2D eigenvalue weighted by Crippen LogP contribution is 2.23. The average molecular weight is 412 g/mol. The molecule has 144 valence electrons. The fourth-order valence-electron chi connectivity index (χ4n) is 2.23. The van der Waals surface area contributed by atoms with Crippen molar-refractivity contribution in [3.63, 3.8) is 0 Å². The van der Waals surface area contributed by atoms with Gasteiger partial charge < -0.3 is 0 Å². The molecular formula is C16H18ClN5O4S. The Kier molecular flexibility index (Phi) is 7.22. The van der Waals surface area contributed by atoms with Gasteiger partial charge in [-0.25, -0.2) is 4.98 Å². The summed E-state index contributed by atoms with van der Waals surface area (Å²) in [5.41, 5.74) is 5.96. The molecule has 2 aromatic rings. The lowest BCUT2D eigenvalue weighted by Crippen LogP contribution is -2.46. The first-order valence-electron chi connectivity index (χ1n) is 7.84. The molecule has 0 atom stereocenters. The molecule has 0 aliphatic carbocycles. The third kappa shape index (κ3) is 6.59. The average Bonchev–Trinajstić information content (AvgIpc) is 2.99. The molecule has 0 aliphatic rings. The van der Waals surface area contributed by atoms with Crippen LogP contribution in [0, 0.1) is 17.0 Å². The number of carbonyl (C=O) groups excluding carboxylic acids is 2. The molecule has 2 N–H and O–H groups in total. The van der Waals surface area contributed by atoms with Crippen molar-refractivity contribution in [2.45, 2.75) is 19.9 Å². The first-order chi connectivity index (χ1) is 12.7. The molecule has 27 heavy (non-hydrogen) atoms. The number of nitrogens with one attached hydrogen (secondary N) is 2. The quantitative estimate of drug-likeness (QED) is 0.530. The summed E-state index contributed by atoms with van der Waals surface area (Å²) in [4.78, 5) is 39.9. The van der Waals surface area contributed by atoms with E-state index < -0.39 is 10.8 Å². The molecule has 2 rings (SSSR count). The van der Waals surface area contributed by atoms with Gasteiger partial charge in [0, 0.05) is 34.8 Å². The van der Waals surface area contributed by atoms with E-state index >= 15 is 0 Å². The number of thiazole rings is 1. The number of hydrazine groups is 1. The van der Waals surface area contributed by atoms with Crippen LogP contribution in [0.25, 0.3) is 0 Å². The molecule has 11 heteroatoms. The highest BCUT2D eigenvalue weighted by molar-refractivity contribution is 7.09. The van der Waals surface area contributed by atoms with Gasteiger partial charge in [0.05, 0.1) is 17.9 Å². The molecule has 2 amide bonds. The van der Waals surface area contributed by atoms with Crippen LogP contribution in [-0.4, -0.2) is 40.2 Å². The van der Waals surface area contributed by atoms with E-state index in [4.69, 9.17) is 11.6 Å². The van der Waals surface area contributed by atoms with Gasteiger partial charge >= 0.3 is 0 Å². The van der Waals surface area contributed by atoms with E-state index in [0.717, 1.165) is 5.69 Å². The van der Waals surface area contributed by atoms with Crippen LogP contribution >= 0.6 is 22.9 Å². The Morgan fingerprint density at radius 3 is 2.67 bits per heavy atom. The van der Waals surface area contributed by atoms with E-state index in [2.05, 4.69) is 15.8 Å². The summed E-state index contributed by atoms with van der Waals surface area (Å²) in [6.07, 6.45) is 0.0813. The highest BCUT2D eigenvalue weighted by atomic mass is 35.5. The van der Waals surface area contributed by atoms with Gasteiger partial charge in [-0.2, -0.15) is 0 Å². The molecule has 0 spiro atoms. The Bertz CT molecular complexity index is 857. The Hall–Kier alpha value is -2.56. The summed E-state index contributed by atoms with van der Waals surface area (Å²) >= 11 is 7.43. The number of carbonyl (C=O) groups is 2. The van der Waals surface area contributed by atoms with Crippen LogP contribution in [-0.2, 0) is 22.6 Å². The van der Waals surface area contributed by atoms with Crippen LogP contribution in [0.15, 0.2) is 23.6 Å². The van der Waals surface area contributed by atoms with Gasteiger partial charge in [-0.15, -0.1) is 11.3 Å². The number of nitro benzene ring substituents is 1. The van der Waals surface area contributed by atoms with Crippen LogP contribution < -0.4 is 10.9 Å². The Balaban J connectivity index is 1.80. The van der Waals surface area contributed by atoms with Gasteiger partial charge in [0.2, 0.25) is 5.91 Å². The fraction of sp³-hybridized carbons (Fsp3) is 0.312. The Labute approximate surface area is 164 Å². The van der Waals surface area contributed by atoms with Crippen molar-refractivity contribution in [3.05, 3.63) is 55.0 Å². The summed E-state index contributed by atoms with van der Waals surface area (Å²) in [6, 6.07) is 4.13. The summed E-state index contributed by atoms with van der Waals surface area (Å²) in [5, 5.41) is 13.7. The number of non-ortho nitro benzene ring substituents is 1. The number of nitrogens with zero attached hydrogens (tertiary/aromatic N) is 3. The van der Waals surface area contributed by atoms with E-state index in [1.54, 1.807) is 11.9 Å². The van der Waals surface area contributed by atoms with Crippen LogP contribution in [0.5, 0.6) is 0 Å². The van der Waals surface area contributed by atoms with Crippen LogP contribution in [0.4, 0.5) is 5.69 Å². The van der Waals surface area contributed by atoms with Gasteiger partial charge in [0.25, 0.3) is 11.6 Å². The lowest BCUT2D eigenvalue weighted by atomic mass is 10.2. The minimum atomic E-state index is -0.508. The molecule has 0 aliphatic heterocycles. The first kappa shape index (κ1) is 20.7. The van der Waals surface area contributed by atoms with Gasteiger partial charge in [0.1, 0.15) is 5.01 Å². The van der Waals surface area contributed by atoms with E-state index in [1.807, 2.05) is 12.3 Å². The number of aromatic nitrogens is 1. The predicted octanol–water partition coefficient (Wildman–Crippen LogP) is 1.84. The van der Waals surface area contributed by atoms with Crippen molar-refractivity contribution < 1.29 is 14.5 Å². The van der Waals surface area contributed by atoms with Crippen molar-refractivity contribution in [1.82, 2.24) is 20.7 Å². The number of nitro groups is 1. The number of hydrogen-bond acceptors (Lipinski definition) is 7. The summed E-state index contributed by atoms with van der Waals surface area (Å²) < 4.78 is 0. The number of likely N-dealkylation sites (N-methyl/N-ethyl adjacent to an activating group) is 1. The molecular weight excluding hydrogens is 394 g/mol. The van der Waals surface area contributed by atoms with Crippen molar-refractivity contribution in [2.75, 3.05) is 13.6 Å². The number of aryl methyl sites for hydroxylation is 1. The molecule has 0 radical (unpaired) electrons. The third-order valence-electron chi connectivity index (χ3n) is 3.41. The number of hydrogen-bond donors (Lipinski definition) is 2. The first-order valence-corrected chi connectivity index (χ1v) is 9.10. The molecule has 0 saturated heterocycles. The van der Waals surface area contributed by atoms with Crippen molar-refractivity contribution in [2.24, 2.45) is 0 Å². The molecule has 1 aromatic carbocycles. The van der Waals surface area contributed by atoms with Crippen LogP contribution in [0.3, 0.4) is 0 Å². The van der Waals surface area contributed by atoms with Gasteiger partial charge in [-0.1, -0.05) is 11.6 Å². The largest absolute Gasteiger partial charge is 0.293 e. The van der Waals surface area contributed by atoms with Crippen molar-refractivity contribution in [1.29, 1.82) is 0 Å². The lowest BCUT2D eigenvalue weighted by molar-refractivity contribution is -0.384. The molecule has 1 heterocycles. The van der Waals surface area contributed by atoms with Crippen molar-refractivity contribution >= 4 is 40.4 Å². The Morgan fingerprint density at radius 2 is 2.04 bits per heavy atom. The number of amides is 2. The number of rotatable bonds is 7. The second-order valence-electron chi connectivity index (χ2n) is 5.86. The third-order valence-corrected chi connectivity index (χ3v) is 4.75. The highest BCUT2D eigenvalue weighted by Gasteiger charge is 2.14. The van der Waals surface area contributed by atoms with Gasteiger partial charge in [0.15, 0.2) is 0 Å². The lowest BCUT2D eigenvalue weighted by Gasteiger charge is -2.17. The zero-order valence-electron chi connectivity index (χ0n) is 14.7. The zero-order valence-corrected chi connectivity index (χ0v) is 16.3. The molecule has 0 unspecified atom stereocenters. The standard InChI is InChI=1S/C16H18ClN5O4S/c1-10-9-27-16(18-10)6-14(23)19-20-15(24)8-21(2)7-11-5-12(22(25)26)3-4-13(11)17/h3-5,9H,6-8H2,1-2H3,(H,19,23)(H,20,24). The van der Waals surface area contributed by atoms with Crippen molar-refractivity contribution in [3.8, 4) is 0 Å². The smallest absolute Gasteiger partial charge is 0.269 e. The second-order valence-corrected chi connectivity index (χ2v) is 7.21. The SMILES string of the molecule is Cc1csc(CC(=O)NNC(=O)CN(C)Cc2cc([N+](=O)[O-])ccc2Cl)n1. The molecule has 0 saturated carbocycles. The topological polar surface area (TPSA) is 117 Å². The van der Waals surface area contributed by atoms with Crippen LogP contribution in [0.1, 0.15) is 16.3 Å².